The molecule has 3 aromatic rings. The molecule has 0 unspecified atom stereocenters. The number of nitrogens with zero attached hydrogens (tertiary/aromatic N) is 2. The van der Waals surface area contributed by atoms with Crippen molar-refractivity contribution in [3.8, 4) is 22.6 Å². The number of pyridine rings is 1. The van der Waals surface area contributed by atoms with Crippen LogP contribution in [0.2, 0.25) is 5.02 Å². The number of benzene rings is 1. The average molecular weight is 422 g/mol. The van der Waals surface area contributed by atoms with Crippen molar-refractivity contribution in [2.24, 2.45) is 0 Å². The van der Waals surface area contributed by atoms with Gasteiger partial charge in [-0.25, -0.2) is 4.98 Å². The molecule has 0 spiro atoms. The van der Waals surface area contributed by atoms with E-state index in [9.17, 15) is 0 Å². The molecule has 0 bridgehead atoms. The first kappa shape index (κ1) is 19.5. The molecule has 0 amide bonds. The number of halogens is 2. The van der Waals surface area contributed by atoms with Crippen molar-refractivity contribution in [1.29, 1.82) is 0 Å². The summed E-state index contributed by atoms with van der Waals surface area (Å²) < 4.78 is 0.808. The summed E-state index contributed by atoms with van der Waals surface area (Å²) in [6.45, 7) is 6.14. The molecule has 0 saturated heterocycles. The molecule has 2 heterocycles. The van der Waals surface area contributed by atoms with Gasteiger partial charge in [0.05, 0.1) is 16.9 Å². The molecule has 3 rings (SSSR count). The number of nitrogen functional groups attached to an aromatic ring is 1. The number of aryl methyl sites for hydroxylation is 1. The van der Waals surface area contributed by atoms with Crippen molar-refractivity contribution in [3.63, 3.8) is 0 Å². The normalized spacial score (nSPS) is 10.3. The summed E-state index contributed by atoms with van der Waals surface area (Å²) in [4.78, 5) is 12.2. The van der Waals surface area contributed by atoms with E-state index in [1.807, 2.05) is 32.2 Å². The Labute approximate surface area is 162 Å². The zero-order valence-electron chi connectivity index (χ0n) is 14.6. The Kier molecular flexibility index (Phi) is 7.02. The molecule has 0 aliphatic rings. The van der Waals surface area contributed by atoms with Crippen LogP contribution in [0.4, 0.5) is 5.69 Å². The lowest BCUT2D eigenvalue weighted by Crippen LogP contribution is -1.91. The summed E-state index contributed by atoms with van der Waals surface area (Å²) in [6.07, 6.45) is 5.61. The van der Waals surface area contributed by atoms with Gasteiger partial charge in [0.15, 0.2) is 0 Å². The van der Waals surface area contributed by atoms with Gasteiger partial charge in [-0.3, -0.25) is 4.98 Å². The predicted octanol–water partition coefficient (Wildman–Crippen LogP) is 6.12. The molecule has 0 aliphatic heterocycles. The van der Waals surface area contributed by atoms with Gasteiger partial charge in [0.1, 0.15) is 5.82 Å². The molecule has 25 heavy (non-hydrogen) atoms. The fraction of sp³-hybridized carbons (Fsp3) is 0.263. The van der Waals surface area contributed by atoms with E-state index in [2.05, 4.69) is 43.9 Å². The van der Waals surface area contributed by atoms with E-state index in [1.54, 1.807) is 12.3 Å². The minimum atomic E-state index is 0.585. The molecular weight excluding hydrogens is 400 g/mol. The summed E-state index contributed by atoms with van der Waals surface area (Å²) in [5.41, 5.74) is 10.2. The Morgan fingerprint density at radius 3 is 2.68 bits per heavy atom. The van der Waals surface area contributed by atoms with Crippen LogP contribution in [0.25, 0.3) is 22.6 Å². The largest absolute Gasteiger partial charge is 0.398 e. The smallest absolute Gasteiger partial charge is 0.137 e. The SMILES string of the molecule is CC.CCCc1cc(-c2ncc(-c3cc(Br)c(N)cc3Cl)[nH]2)ccn1. The number of anilines is 1. The molecule has 3 N–H and O–H groups in total. The van der Waals surface area contributed by atoms with E-state index in [4.69, 9.17) is 17.3 Å². The lowest BCUT2D eigenvalue weighted by atomic mass is 10.1. The highest BCUT2D eigenvalue weighted by Crippen LogP contribution is 2.34. The summed E-state index contributed by atoms with van der Waals surface area (Å²) in [6, 6.07) is 7.63. The van der Waals surface area contributed by atoms with Crippen LogP contribution >= 0.6 is 27.5 Å². The zero-order chi connectivity index (χ0) is 18.4. The third kappa shape index (κ3) is 4.61. The first-order chi connectivity index (χ1) is 12.1. The minimum absolute atomic E-state index is 0.585. The highest BCUT2D eigenvalue weighted by atomic mass is 79.9. The topological polar surface area (TPSA) is 67.6 Å². The van der Waals surface area contributed by atoms with Crippen molar-refractivity contribution in [2.45, 2.75) is 33.6 Å². The maximum Gasteiger partial charge on any atom is 0.137 e. The monoisotopic (exact) mass is 420 g/mol. The van der Waals surface area contributed by atoms with Crippen LogP contribution in [0.15, 0.2) is 41.1 Å². The maximum absolute atomic E-state index is 6.30. The standard InChI is InChI=1S/C17H16BrClN4.C2H6/c1-2-3-11-6-10(4-5-21-11)17-22-9-16(23-17)12-7-13(18)15(20)8-14(12)19;1-2/h4-9H,2-3,20H2,1H3,(H,22,23);1-2H3. The van der Waals surface area contributed by atoms with E-state index in [-0.39, 0.29) is 0 Å². The van der Waals surface area contributed by atoms with E-state index in [1.165, 1.54) is 0 Å². The number of hydrogen-bond donors (Lipinski definition) is 2. The van der Waals surface area contributed by atoms with Gasteiger partial charge >= 0.3 is 0 Å². The Morgan fingerprint density at radius 1 is 1.20 bits per heavy atom. The number of imidazole rings is 1. The lowest BCUT2D eigenvalue weighted by Gasteiger charge is -2.05. The third-order valence-corrected chi connectivity index (χ3v) is 4.55. The second kappa shape index (κ2) is 9.02. The van der Waals surface area contributed by atoms with Crippen LogP contribution in [0.1, 0.15) is 32.9 Å². The fourth-order valence-corrected chi connectivity index (χ4v) is 3.01. The molecule has 2 aromatic heterocycles. The first-order valence-corrected chi connectivity index (χ1v) is 9.50. The van der Waals surface area contributed by atoms with Gasteiger partial charge in [0.2, 0.25) is 0 Å². The van der Waals surface area contributed by atoms with E-state index >= 15 is 0 Å². The highest BCUT2D eigenvalue weighted by molar-refractivity contribution is 9.10. The third-order valence-electron chi connectivity index (χ3n) is 3.55. The first-order valence-electron chi connectivity index (χ1n) is 8.33. The van der Waals surface area contributed by atoms with Crippen molar-refractivity contribution in [1.82, 2.24) is 15.0 Å². The quantitative estimate of drug-likeness (QED) is 0.499. The summed E-state index contributed by atoms with van der Waals surface area (Å²) in [5.74, 6) is 0.795. The number of aromatic amines is 1. The molecule has 0 atom stereocenters. The molecule has 0 saturated carbocycles. The fourth-order valence-electron chi connectivity index (χ4n) is 2.39. The molecule has 0 radical (unpaired) electrons. The number of aromatic nitrogens is 3. The van der Waals surface area contributed by atoms with Gasteiger partial charge in [-0.15, -0.1) is 0 Å². The minimum Gasteiger partial charge on any atom is -0.398 e. The number of hydrogen-bond acceptors (Lipinski definition) is 3. The van der Waals surface area contributed by atoms with Crippen molar-refractivity contribution in [3.05, 3.63) is 51.8 Å². The van der Waals surface area contributed by atoms with Gasteiger partial charge in [0, 0.05) is 33.2 Å². The Morgan fingerprint density at radius 2 is 1.96 bits per heavy atom. The predicted molar refractivity (Wildman–Crippen MR) is 110 cm³/mol. The second-order valence-corrected chi connectivity index (χ2v) is 6.55. The van der Waals surface area contributed by atoms with Crippen LogP contribution in [0.5, 0.6) is 0 Å². The van der Waals surface area contributed by atoms with Crippen molar-refractivity contribution in [2.75, 3.05) is 5.73 Å². The van der Waals surface area contributed by atoms with Crippen LogP contribution in [0, 0.1) is 0 Å². The van der Waals surface area contributed by atoms with E-state index < -0.39 is 0 Å². The molecule has 1 aromatic carbocycles. The van der Waals surface area contributed by atoms with Gasteiger partial charge in [-0.1, -0.05) is 38.8 Å². The lowest BCUT2D eigenvalue weighted by molar-refractivity contribution is 0.883. The Bertz CT molecular complexity index is 845. The summed E-state index contributed by atoms with van der Waals surface area (Å²) >= 11 is 9.73. The van der Waals surface area contributed by atoms with Crippen LogP contribution in [-0.4, -0.2) is 15.0 Å². The number of nitrogens with one attached hydrogen (secondary N) is 1. The zero-order valence-corrected chi connectivity index (χ0v) is 16.9. The Hall–Kier alpha value is -1.85. The molecule has 4 nitrogen and oxygen atoms in total. The van der Waals surface area contributed by atoms with E-state index in [0.717, 1.165) is 45.7 Å². The van der Waals surface area contributed by atoms with E-state index in [0.29, 0.717) is 10.7 Å². The molecule has 0 fully saturated rings. The van der Waals surface area contributed by atoms with Crippen molar-refractivity contribution < 1.29 is 0 Å². The van der Waals surface area contributed by atoms with Crippen molar-refractivity contribution >= 4 is 33.2 Å². The van der Waals surface area contributed by atoms with Gasteiger partial charge in [-0.05, 0) is 46.6 Å². The number of rotatable bonds is 4. The molecular formula is C19H22BrClN4. The molecule has 132 valence electrons. The summed E-state index contributed by atoms with van der Waals surface area (Å²) in [5, 5.41) is 0.585. The maximum atomic E-state index is 6.30. The summed E-state index contributed by atoms with van der Waals surface area (Å²) in [7, 11) is 0. The van der Waals surface area contributed by atoms with Gasteiger partial charge < -0.3 is 10.7 Å². The number of nitrogens with two attached hydrogens (primary N) is 1. The second-order valence-electron chi connectivity index (χ2n) is 5.28. The Balaban J connectivity index is 0.00000109. The van der Waals surface area contributed by atoms with Gasteiger partial charge in [0.25, 0.3) is 0 Å². The molecule has 0 aliphatic carbocycles. The van der Waals surface area contributed by atoms with Crippen LogP contribution in [0.3, 0.4) is 0 Å². The van der Waals surface area contributed by atoms with Gasteiger partial charge in [-0.2, -0.15) is 0 Å². The average Bonchev–Trinajstić information content (AvgIpc) is 3.10. The highest BCUT2D eigenvalue weighted by Gasteiger charge is 2.11. The van der Waals surface area contributed by atoms with Crippen LogP contribution < -0.4 is 5.73 Å². The van der Waals surface area contributed by atoms with Crippen LogP contribution in [-0.2, 0) is 6.42 Å². The number of H-pyrrole nitrogens is 1. The molecule has 6 heteroatoms.